The molecule has 0 spiro atoms. The summed E-state index contributed by atoms with van der Waals surface area (Å²) in [6, 6.07) is 19.4. The second-order valence-corrected chi connectivity index (χ2v) is 11.4. The van der Waals surface area contributed by atoms with Gasteiger partial charge in [-0.2, -0.15) is 36.5 Å². The number of nitrogens with one attached hydrogen (secondary N) is 5. The van der Waals surface area contributed by atoms with Gasteiger partial charge >= 0.3 is 18.3 Å². The molecule has 7 aromatic rings. The molecule has 0 aliphatic rings. The Labute approximate surface area is 299 Å². The number of aliphatic hydroxyl groups is 1. The van der Waals surface area contributed by atoms with Crippen molar-refractivity contribution in [3.63, 3.8) is 0 Å². The third-order valence-corrected chi connectivity index (χ3v) is 7.88. The number of aromatic carboxylic acids is 1. The Hall–Kier alpha value is -7.02. The van der Waals surface area contributed by atoms with E-state index in [9.17, 15) is 41.0 Å². The topological polar surface area (TPSA) is 194 Å². The number of halogens is 6. The average molecular weight is 750 g/mol. The summed E-state index contributed by atoms with van der Waals surface area (Å²) in [5.41, 5.74) is -3.47. The van der Waals surface area contributed by atoms with Crippen LogP contribution in [-0.4, -0.2) is 64.8 Å². The van der Waals surface area contributed by atoms with Gasteiger partial charge in [0.05, 0.1) is 29.0 Å². The monoisotopic (exact) mass is 749 g/mol. The Balaban J connectivity index is 0.000000219. The van der Waals surface area contributed by atoms with E-state index in [-0.39, 0.29) is 22.6 Å². The summed E-state index contributed by atoms with van der Waals surface area (Å²) in [6.45, 7) is 0. The molecule has 1 amide bonds. The van der Waals surface area contributed by atoms with Gasteiger partial charge in [-0.3, -0.25) is 15.0 Å². The van der Waals surface area contributed by atoms with Crippen molar-refractivity contribution in [2.24, 2.45) is 0 Å². The fourth-order valence-corrected chi connectivity index (χ4v) is 5.15. The number of carboxylic acids is 1. The number of pyridine rings is 2. The van der Waals surface area contributed by atoms with Gasteiger partial charge in [-0.1, -0.05) is 12.1 Å². The molecule has 0 atom stereocenters. The number of alkyl halides is 6. The number of benzene rings is 3. The van der Waals surface area contributed by atoms with Crippen LogP contribution in [0, 0.1) is 0 Å². The molecular weight excluding hydrogens is 724 g/mol. The van der Waals surface area contributed by atoms with Crippen molar-refractivity contribution in [2.75, 3.05) is 16.0 Å². The van der Waals surface area contributed by atoms with E-state index >= 15 is 0 Å². The van der Waals surface area contributed by atoms with Crippen molar-refractivity contribution in [3.05, 3.63) is 126 Å². The maximum absolute atomic E-state index is 13.1. The third-order valence-electron chi connectivity index (χ3n) is 7.88. The molecule has 0 unspecified atom stereocenters. The zero-order valence-electron chi connectivity index (χ0n) is 27.2. The molecule has 4 aromatic heterocycles. The normalized spacial score (nSPS) is 11.8. The van der Waals surface area contributed by atoms with Crippen molar-refractivity contribution in [3.8, 4) is 0 Å². The van der Waals surface area contributed by atoms with Crippen molar-refractivity contribution in [1.29, 1.82) is 0 Å². The summed E-state index contributed by atoms with van der Waals surface area (Å²) in [6.07, 6.45) is -5.69. The largest absolute Gasteiger partial charge is 0.478 e. The van der Waals surface area contributed by atoms with Crippen molar-refractivity contribution >= 4 is 62.4 Å². The summed E-state index contributed by atoms with van der Waals surface area (Å²) in [5, 5.41) is 42.3. The molecule has 19 heteroatoms. The maximum atomic E-state index is 13.1. The average Bonchev–Trinajstić information content (AvgIpc) is 3.81. The fraction of sp³-hybridized carbons (Fsp3) is 0.0857. The number of carbonyl (C=O) groups is 2. The molecular formula is C35H25F6N9O4. The van der Waals surface area contributed by atoms with E-state index in [1.165, 1.54) is 24.4 Å². The van der Waals surface area contributed by atoms with Crippen LogP contribution in [0.1, 0.15) is 26.3 Å². The summed E-state index contributed by atoms with van der Waals surface area (Å²) in [7, 11) is 0. The molecule has 0 saturated carbocycles. The number of aromatic nitrogens is 6. The van der Waals surface area contributed by atoms with E-state index in [1.54, 1.807) is 42.9 Å². The van der Waals surface area contributed by atoms with Gasteiger partial charge in [-0.25, -0.2) is 14.8 Å². The number of anilines is 5. The minimum atomic E-state index is -6.01. The van der Waals surface area contributed by atoms with Crippen LogP contribution in [0.15, 0.2) is 110 Å². The molecule has 0 radical (unpaired) electrons. The molecule has 7 rings (SSSR count). The van der Waals surface area contributed by atoms with E-state index in [1.807, 2.05) is 18.2 Å². The quantitative estimate of drug-likeness (QED) is 0.0759. The predicted octanol–water partition coefficient (Wildman–Crippen LogP) is 7.67. The van der Waals surface area contributed by atoms with Crippen LogP contribution in [0.5, 0.6) is 0 Å². The highest BCUT2D eigenvalue weighted by Crippen LogP contribution is 2.50. The number of H-pyrrole nitrogens is 2. The Morgan fingerprint density at radius 1 is 0.630 bits per heavy atom. The molecule has 0 saturated heterocycles. The number of rotatable bonds is 8. The number of aromatic amines is 2. The minimum absolute atomic E-state index is 0.0587. The van der Waals surface area contributed by atoms with Gasteiger partial charge < -0.3 is 26.2 Å². The molecule has 0 fully saturated rings. The molecule has 0 aliphatic carbocycles. The van der Waals surface area contributed by atoms with Gasteiger partial charge in [0.25, 0.3) is 11.5 Å². The van der Waals surface area contributed by atoms with Gasteiger partial charge in [0.2, 0.25) is 0 Å². The number of amides is 1. The second-order valence-electron chi connectivity index (χ2n) is 11.4. The number of fused-ring (bicyclic) bond motifs is 2. The Morgan fingerprint density at radius 2 is 1.09 bits per heavy atom. The number of nitrogens with zero attached hydrogens (tertiary/aromatic N) is 4. The zero-order chi connectivity index (χ0) is 38.7. The Kier molecular flexibility index (Phi) is 9.90. The van der Waals surface area contributed by atoms with Crippen molar-refractivity contribution in [2.45, 2.75) is 18.0 Å². The van der Waals surface area contributed by atoms with Crippen LogP contribution in [0.2, 0.25) is 0 Å². The van der Waals surface area contributed by atoms with Gasteiger partial charge in [-0.05, 0) is 72.8 Å². The van der Waals surface area contributed by atoms with Gasteiger partial charge in [0.1, 0.15) is 17.2 Å². The first-order chi connectivity index (χ1) is 25.6. The minimum Gasteiger partial charge on any atom is -0.478 e. The summed E-state index contributed by atoms with van der Waals surface area (Å²) >= 11 is 0. The lowest BCUT2D eigenvalue weighted by atomic mass is 9.92. The highest BCUT2D eigenvalue weighted by molar-refractivity contribution is 6.08. The van der Waals surface area contributed by atoms with Crippen LogP contribution in [-0.2, 0) is 5.60 Å². The lowest BCUT2D eigenvalue weighted by molar-refractivity contribution is -0.376. The molecule has 0 aliphatic heterocycles. The molecule has 0 bridgehead atoms. The Bertz CT molecular complexity index is 2430. The van der Waals surface area contributed by atoms with Crippen molar-refractivity contribution in [1.82, 2.24) is 30.4 Å². The van der Waals surface area contributed by atoms with Crippen LogP contribution in [0.4, 0.5) is 55.0 Å². The van der Waals surface area contributed by atoms with Crippen LogP contribution >= 0.6 is 0 Å². The first-order valence-electron chi connectivity index (χ1n) is 15.5. The van der Waals surface area contributed by atoms with Crippen LogP contribution < -0.4 is 16.0 Å². The van der Waals surface area contributed by atoms with Crippen LogP contribution in [0.25, 0.3) is 21.8 Å². The van der Waals surface area contributed by atoms with E-state index in [4.69, 9.17) is 5.11 Å². The first-order valence-corrected chi connectivity index (χ1v) is 15.5. The Morgan fingerprint density at radius 3 is 1.57 bits per heavy atom. The number of carbonyl (C=O) groups excluding carboxylic acids is 1. The van der Waals surface area contributed by atoms with E-state index in [2.05, 4.69) is 46.3 Å². The van der Waals surface area contributed by atoms with Gasteiger partial charge in [0.15, 0.2) is 0 Å². The van der Waals surface area contributed by atoms with Crippen molar-refractivity contribution < 1.29 is 46.1 Å². The summed E-state index contributed by atoms with van der Waals surface area (Å²) in [5.74, 6) is -1.27. The van der Waals surface area contributed by atoms with Crippen LogP contribution in [0.3, 0.4) is 0 Å². The number of hydrogen-bond donors (Lipinski definition) is 7. The molecule has 13 nitrogen and oxygen atoms in total. The lowest BCUT2D eigenvalue weighted by Gasteiger charge is -2.32. The molecule has 4 heterocycles. The highest BCUT2D eigenvalue weighted by atomic mass is 19.4. The zero-order valence-corrected chi connectivity index (χ0v) is 27.2. The SMILES string of the molecule is O=C(Nc1ccc(C(O)(C(F)(F)F)C(F)(F)F)cc1)c1cccnc1Nc1ccc2cn[nH]c2c1.O=C(O)c1cccnc1Nc1ccc2cn[nH]c2c1. The number of hydrogen-bond acceptors (Lipinski definition) is 9. The number of carboxylic acid groups (broad SMARTS) is 1. The lowest BCUT2D eigenvalue weighted by Crippen LogP contribution is -2.53. The fourth-order valence-electron chi connectivity index (χ4n) is 5.15. The third kappa shape index (κ3) is 7.60. The van der Waals surface area contributed by atoms with E-state index in [0.717, 1.165) is 39.6 Å². The van der Waals surface area contributed by atoms with Gasteiger partial charge in [-0.15, -0.1) is 0 Å². The molecule has 3 aromatic carbocycles. The van der Waals surface area contributed by atoms with Gasteiger partial charge in [0, 0.05) is 45.8 Å². The second kappa shape index (κ2) is 14.5. The highest BCUT2D eigenvalue weighted by Gasteiger charge is 2.71. The summed E-state index contributed by atoms with van der Waals surface area (Å²) in [4.78, 5) is 32.0. The first kappa shape index (κ1) is 36.8. The maximum Gasteiger partial charge on any atom is 0.430 e. The standard InChI is InChI=1S/C22H15F6N5O2.C13H10N4O2/c23-21(24,25)20(35,22(26,27)28)13-4-7-14(8-5-13)32-19(34)16-2-1-9-29-18(16)31-15-6-3-12-11-30-33-17(12)10-15;18-13(19)10-2-1-5-14-12(10)16-9-4-3-8-7-15-17-11(8)6-9/h1-11,35H,(H,29,31)(H,30,33)(H,32,34);1-7H,(H,14,16)(H,15,17)(H,18,19). The van der Waals surface area contributed by atoms with E-state index < -0.39 is 35.4 Å². The smallest absolute Gasteiger partial charge is 0.430 e. The predicted molar refractivity (Wildman–Crippen MR) is 185 cm³/mol. The summed E-state index contributed by atoms with van der Waals surface area (Å²) < 4.78 is 78.3. The molecule has 7 N–H and O–H groups in total. The van der Waals surface area contributed by atoms with E-state index in [0.29, 0.717) is 23.6 Å². The molecule has 276 valence electrons. The molecule has 54 heavy (non-hydrogen) atoms.